The number of carbonyl (C=O) groups is 2. The molecular formula is C12H22N2O4S. The van der Waals surface area contributed by atoms with Crippen molar-refractivity contribution in [1.29, 1.82) is 0 Å². The van der Waals surface area contributed by atoms with Crippen LogP contribution in [0.2, 0.25) is 0 Å². The SMILES string of the molecule is COCCCC(NC(=O)NC1CCSCC1)C(=O)O. The van der Waals surface area contributed by atoms with Crippen molar-refractivity contribution in [3.8, 4) is 0 Å². The Kier molecular flexibility index (Phi) is 7.66. The zero-order chi connectivity index (χ0) is 14.1. The van der Waals surface area contributed by atoms with Crippen LogP contribution in [0.3, 0.4) is 0 Å². The number of thioether (sulfide) groups is 1. The van der Waals surface area contributed by atoms with Crippen LogP contribution >= 0.6 is 11.8 Å². The summed E-state index contributed by atoms with van der Waals surface area (Å²) in [5.41, 5.74) is 0. The molecule has 2 amide bonds. The van der Waals surface area contributed by atoms with Crippen molar-refractivity contribution >= 4 is 23.8 Å². The van der Waals surface area contributed by atoms with Crippen molar-refractivity contribution in [3.05, 3.63) is 0 Å². The molecule has 0 saturated carbocycles. The molecule has 1 saturated heterocycles. The number of nitrogens with one attached hydrogen (secondary N) is 2. The van der Waals surface area contributed by atoms with Gasteiger partial charge in [-0.2, -0.15) is 11.8 Å². The van der Waals surface area contributed by atoms with Crippen LogP contribution in [0, 0.1) is 0 Å². The van der Waals surface area contributed by atoms with Gasteiger partial charge in [-0.15, -0.1) is 0 Å². The second-order valence-corrected chi connectivity index (χ2v) is 5.76. The van der Waals surface area contributed by atoms with Crippen LogP contribution in [0.5, 0.6) is 0 Å². The predicted octanol–water partition coefficient (Wildman–Crippen LogP) is 1.06. The van der Waals surface area contributed by atoms with Gasteiger partial charge in [0, 0.05) is 19.8 Å². The maximum atomic E-state index is 11.7. The van der Waals surface area contributed by atoms with Gasteiger partial charge >= 0.3 is 12.0 Å². The number of amides is 2. The maximum Gasteiger partial charge on any atom is 0.326 e. The molecule has 1 rings (SSSR count). The second-order valence-electron chi connectivity index (χ2n) is 4.53. The average molecular weight is 290 g/mol. The van der Waals surface area contributed by atoms with Gasteiger partial charge in [0.2, 0.25) is 0 Å². The summed E-state index contributed by atoms with van der Waals surface area (Å²) in [6, 6.07) is -1.08. The minimum absolute atomic E-state index is 0.162. The zero-order valence-corrected chi connectivity index (χ0v) is 12.0. The van der Waals surface area contributed by atoms with E-state index in [2.05, 4.69) is 10.6 Å². The summed E-state index contributed by atoms with van der Waals surface area (Å²) in [5.74, 6) is 1.08. The molecule has 1 aliphatic rings. The molecule has 0 aliphatic carbocycles. The van der Waals surface area contributed by atoms with Gasteiger partial charge in [0.05, 0.1) is 0 Å². The number of aliphatic carboxylic acids is 1. The first-order chi connectivity index (χ1) is 9.13. The Labute approximate surface area is 117 Å². The van der Waals surface area contributed by atoms with Crippen molar-refractivity contribution < 1.29 is 19.4 Å². The normalized spacial score (nSPS) is 17.7. The number of carbonyl (C=O) groups excluding carboxylic acids is 1. The minimum atomic E-state index is -1.01. The van der Waals surface area contributed by atoms with Crippen LogP contribution in [0.4, 0.5) is 4.79 Å². The molecule has 1 heterocycles. The predicted molar refractivity (Wildman–Crippen MR) is 74.5 cm³/mol. The van der Waals surface area contributed by atoms with E-state index in [0.717, 1.165) is 24.3 Å². The number of carboxylic acids is 1. The summed E-state index contributed by atoms with van der Waals surface area (Å²) < 4.78 is 4.87. The Hall–Kier alpha value is -0.950. The number of carboxylic acid groups (broad SMARTS) is 1. The lowest BCUT2D eigenvalue weighted by Crippen LogP contribution is -2.49. The molecule has 19 heavy (non-hydrogen) atoms. The molecule has 6 nitrogen and oxygen atoms in total. The molecule has 1 aliphatic heterocycles. The molecule has 0 spiro atoms. The van der Waals surface area contributed by atoms with E-state index in [1.54, 1.807) is 7.11 Å². The number of rotatable bonds is 7. The topological polar surface area (TPSA) is 87.7 Å². The second kappa shape index (κ2) is 9.03. The van der Waals surface area contributed by atoms with E-state index < -0.39 is 12.0 Å². The number of ether oxygens (including phenoxy) is 1. The largest absolute Gasteiger partial charge is 0.480 e. The number of urea groups is 1. The van der Waals surface area contributed by atoms with Gasteiger partial charge in [0.1, 0.15) is 6.04 Å². The van der Waals surface area contributed by atoms with E-state index in [9.17, 15) is 9.59 Å². The van der Waals surface area contributed by atoms with Gasteiger partial charge in [0.15, 0.2) is 0 Å². The molecule has 0 aromatic heterocycles. The maximum absolute atomic E-state index is 11.7. The number of methoxy groups -OCH3 is 1. The Morgan fingerprint density at radius 2 is 2.11 bits per heavy atom. The molecule has 3 N–H and O–H groups in total. The number of hydrogen-bond acceptors (Lipinski definition) is 4. The summed E-state index contributed by atoms with van der Waals surface area (Å²) in [6.45, 7) is 0.493. The van der Waals surface area contributed by atoms with Gasteiger partial charge in [-0.3, -0.25) is 0 Å². The third-order valence-corrected chi connectivity index (χ3v) is 4.05. The van der Waals surface area contributed by atoms with Crippen molar-refractivity contribution in [3.63, 3.8) is 0 Å². The Morgan fingerprint density at radius 3 is 2.68 bits per heavy atom. The summed E-state index contributed by atoms with van der Waals surface area (Å²) in [7, 11) is 1.57. The van der Waals surface area contributed by atoms with Crippen molar-refractivity contribution in [2.75, 3.05) is 25.2 Å². The first-order valence-corrected chi connectivity index (χ1v) is 7.65. The smallest absolute Gasteiger partial charge is 0.326 e. The summed E-state index contributed by atoms with van der Waals surface area (Å²) in [5, 5.41) is 14.4. The Morgan fingerprint density at radius 1 is 1.42 bits per heavy atom. The lowest BCUT2D eigenvalue weighted by atomic mass is 10.1. The highest BCUT2D eigenvalue weighted by atomic mass is 32.2. The van der Waals surface area contributed by atoms with Crippen LogP contribution in [0.1, 0.15) is 25.7 Å². The van der Waals surface area contributed by atoms with Gasteiger partial charge in [-0.1, -0.05) is 0 Å². The first kappa shape index (κ1) is 16.1. The fourth-order valence-electron chi connectivity index (χ4n) is 1.92. The highest BCUT2D eigenvalue weighted by molar-refractivity contribution is 7.99. The van der Waals surface area contributed by atoms with Gasteiger partial charge in [-0.05, 0) is 37.2 Å². The van der Waals surface area contributed by atoms with Crippen LogP contribution in [-0.2, 0) is 9.53 Å². The summed E-state index contributed by atoms with van der Waals surface area (Å²) in [4.78, 5) is 22.8. The molecule has 1 fully saturated rings. The third kappa shape index (κ3) is 6.68. The first-order valence-electron chi connectivity index (χ1n) is 6.50. The van der Waals surface area contributed by atoms with Gasteiger partial charge < -0.3 is 20.5 Å². The summed E-state index contributed by atoms with van der Waals surface area (Å²) in [6.07, 6.45) is 2.87. The Balaban J connectivity index is 2.31. The Bertz CT molecular complexity index is 295. The highest BCUT2D eigenvalue weighted by Crippen LogP contribution is 2.16. The number of hydrogen-bond donors (Lipinski definition) is 3. The van der Waals surface area contributed by atoms with Gasteiger partial charge in [0.25, 0.3) is 0 Å². The molecule has 110 valence electrons. The lowest BCUT2D eigenvalue weighted by Gasteiger charge is -2.24. The van der Waals surface area contributed by atoms with Gasteiger partial charge in [-0.25, -0.2) is 9.59 Å². The fraction of sp³-hybridized carbons (Fsp3) is 0.833. The highest BCUT2D eigenvalue weighted by Gasteiger charge is 2.21. The van der Waals surface area contributed by atoms with E-state index in [1.165, 1.54) is 0 Å². The van der Waals surface area contributed by atoms with E-state index in [-0.39, 0.29) is 12.1 Å². The van der Waals surface area contributed by atoms with E-state index >= 15 is 0 Å². The molecule has 0 aromatic rings. The molecule has 1 unspecified atom stereocenters. The van der Waals surface area contributed by atoms with E-state index in [4.69, 9.17) is 9.84 Å². The molecular weight excluding hydrogens is 268 g/mol. The third-order valence-electron chi connectivity index (χ3n) is 3.00. The van der Waals surface area contributed by atoms with Crippen LogP contribution in [0.15, 0.2) is 0 Å². The monoisotopic (exact) mass is 290 g/mol. The molecule has 0 aromatic carbocycles. The van der Waals surface area contributed by atoms with Crippen molar-refractivity contribution in [2.24, 2.45) is 0 Å². The molecule has 0 bridgehead atoms. The standard InChI is InChI=1S/C12H22N2O4S/c1-18-6-2-3-10(11(15)16)14-12(17)13-9-4-7-19-8-5-9/h9-10H,2-8H2,1H3,(H,15,16)(H2,13,14,17). The lowest BCUT2D eigenvalue weighted by molar-refractivity contribution is -0.139. The van der Waals surface area contributed by atoms with Crippen molar-refractivity contribution in [2.45, 2.75) is 37.8 Å². The van der Waals surface area contributed by atoms with E-state index in [1.807, 2.05) is 11.8 Å². The molecule has 1 atom stereocenters. The fourth-order valence-corrected chi connectivity index (χ4v) is 3.02. The minimum Gasteiger partial charge on any atom is -0.480 e. The van der Waals surface area contributed by atoms with Crippen LogP contribution < -0.4 is 10.6 Å². The molecule has 7 heteroatoms. The quantitative estimate of drug-likeness (QED) is 0.610. The summed E-state index contributed by atoms with van der Waals surface area (Å²) >= 11 is 1.88. The molecule has 0 radical (unpaired) electrons. The van der Waals surface area contributed by atoms with Crippen LogP contribution in [0.25, 0.3) is 0 Å². The van der Waals surface area contributed by atoms with Crippen molar-refractivity contribution in [1.82, 2.24) is 10.6 Å². The van der Waals surface area contributed by atoms with E-state index in [0.29, 0.717) is 19.4 Å². The zero-order valence-electron chi connectivity index (χ0n) is 11.2. The van der Waals surface area contributed by atoms with Crippen LogP contribution in [-0.4, -0.2) is 54.4 Å². The average Bonchev–Trinajstić information content (AvgIpc) is 2.38.